The number of halogens is 1. The first-order chi connectivity index (χ1) is 11.6. The number of rotatable bonds is 5. The van der Waals surface area contributed by atoms with Gasteiger partial charge in [-0.05, 0) is 54.4 Å². The van der Waals surface area contributed by atoms with Gasteiger partial charge < -0.3 is 14.2 Å². The topological polar surface area (TPSA) is 69.2 Å². The van der Waals surface area contributed by atoms with Crippen LogP contribution in [0.3, 0.4) is 0 Å². The lowest BCUT2D eigenvalue weighted by molar-refractivity contribution is -0.123. The molecule has 1 aliphatic rings. The van der Waals surface area contributed by atoms with Crippen molar-refractivity contribution in [2.75, 3.05) is 13.4 Å². The lowest BCUT2D eigenvalue weighted by Gasteiger charge is -2.06. The number of fused-ring (bicyclic) bond motifs is 1. The molecule has 0 spiro atoms. The third-order valence-electron chi connectivity index (χ3n) is 3.30. The number of carbonyl (C=O) groups excluding carboxylic acids is 1. The average Bonchev–Trinajstić information content (AvgIpc) is 3.04. The molecule has 2 aromatic rings. The van der Waals surface area contributed by atoms with Gasteiger partial charge in [-0.25, -0.2) is 5.43 Å². The number of benzene rings is 2. The first-order valence-corrected chi connectivity index (χ1v) is 8.01. The fourth-order valence-electron chi connectivity index (χ4n) is 2.06. The van der Waals surface area contributed by atoms with Crippen molar-refractivity contribution in [1.29, 1.82) is 0 Å². The molecule has 6 nitrogen and oxygen atoms in total. The Morgan fingerprint density at radius 2 is 2.12 bits per heavy atom. The highest BCUT2D eigenvalue weighted by Gasteiger charge is 2.12. The molecule has 7 heteroatoms. The van der Waals surface area contributed by atoms with E-state index < -0.39 is 0 Å². The lowest BCUT2D eigenvalue weighted by Crippen LogP contribution is -2.24. The summed E-state index contributed by atoms with van der Waals surface area (Å²) in [6.45, 7) is 2.06. The number of nitrogens with one attached hydrogen (secondary N) is 1. The third-order valence-corrected chi connectivity index (χ3v) is 4.19. The fourth-order valence-corrected chi connectivity index (χ4v) is 2.31. The van der Waals surface area contributed by atoms with Crippen LogP contribution in [0, 0.1) is 6.92 Å². The van der Waals surface area contributed by atoms with Gasteiger partial charge in [0.05, 0.1) is 6.21 Å². The summed E-state index contributed by atoms with van der Waals surface area (Å²) < 4.78 is 16.9. The van der Waals surface area contributed by atoms with Gasteiger partial charge in [0.2, 0.25) is 6.79 Å². The zero-order valence-electron chi connectivity index (χ0n) is 12.9. The molecule has 0 unspecified atom stereocenters. The highest BCUT2D eigenvalue weighted by Crippen LogP contribution is 2.31. The minimum absolute atomic E-state index is 0.112. The van der Waals surface area contributed by atoms with Crippen LogP contribution in [-0.2, 0) is 4.79 Å². The molecule has 0 saturated carbocycles. The minimum atomic E-state index is -0.340. The van der Waals surface area contributed by atoms with E-state index in [1.807, 2.05) is 25.1 Å². The average molecular weight is 391 g/mol. The number of ether oxygens (including phenoxy) is 3. The van der Waals surface area contributed by atoms with Crippen LogP contribution in [0.15, 0.2) is 46.0 Å². The zero-order chi connectivity index (χ0) is 16.9. The third kappa shape index (κ3) is 4.05. The lowest BCUT2D eigenvalue weighted by atomic mass is 10.2. The molecule has 1 amide bonds. The highest BCUT2D eigenvalue weighted by molar-refractivity contribution is 9.10. The van der Waals surface area contributed by atoms with Gasteiger partial charge in [0.25, 0.3) is 5.91 Å². The van der Waals surface area contributed by atoms with Crippen LogP contribution in [-0.4, -0.2) is 25.5 Å². The first kappa shape index (κ1) is 16.3. The Bertz CT molecular complexity index is 792. The van der Waals surface area contributed by atoms with Crippen molar-refractivity contribution in [1.82, 2.24) is 5.43 Å². The molecule has 0 atom stereocenters. The van der Waals surface area contributed by atoms with Crippen LogP contribution in [0.4, 0.5) is 0 Å². The number of hydrazone groups is 1. The first-order valence-electron chi connectivity index (χ1n) is 7.22. The van der Waals surface area contributed by atoms with Crippen molar-refractivity contribution >= 4 is 28.1 Å². The Balaban J connectivity index is 1.49. The number of amides is 1. The van der Waals surface area contributed by atoms with Gasteiger partial charge in [-0.15, -0.1) is 0 Å². The molecule has 1 aliphatic heterocycles. The van der Waals surface area contributed by atoms with E-state index in [9.17, 15) is 4.79 Å². The van der Waals surface area contributed by atoms with Crippen LogP contribution in [0.25, 0.3) is 0 Å². The van der Waals surface area contributed by atoms with Crippen LogP contribution >= 0.6 is 15.9 Å². The van der Waals surface area contributed by atoms with Gasteiger partial charge in [0.15, 0.2) is 18.1 Å². The summed E-state index contributed by atoms with van der Waals surface area (Å²) in [6, 6.07) is 10.9. The summed E-state index contributed by atoms with van der Waals surface area (Å²) in [4.78, 5) is 11.7. The van der Waals surface area contributed by atoms with Crippen molar-refractivity contribution in [2.45, 2.75) is 6.92 Å². The summed E-state index contributed by atoms with van der Waals surface area (Å²) in [5.74, 6) is 1.66. The largest absolute Gasteiger partial charge is 0.484 e. The van der Waals surface area contributed by atoms with Crippen molar-refractivity contribution in [2.24, 2.45) is 5.10 Å². The summed E-state index contributed by atoms with van der Waals surface area (Å²) >= 11 is 3.41. The van der Waals surface area contributed by atoms with E-state index in [4.69, 9.17) is 14.2 Å². The Morgan fingerprint density at radius 3 is 2.96 bits per heavy atom. The number of aryl methyl sites for hydroxylation is 1. The fraction of sp³-hybridized carbons (Fsp3) is 0.176. The summed E-state index contributed by atoms with van der Waals surface area (Å²) in [6.07, 6.45) is 1.53. The Kier molecular flexibility index (Phi) is 5.00. The molecule has 24 heavy (non-hydrogen) atoms. The molecular formula is C17H15BrN2O4. The van der Waals surface area contributed by atoms with Gasteiger partial charge in [-0.2, -0.15) is 5.10 Å². The van der Waals surface area contributed by atoms with Gasteiger partial charge in [-0.1, -0.05) is 15.9 Å². The van der Waals surface area contributed by atoms with Crippen molar-refractivity contribution in [3.05, 3.63) is 52.0 Å². The van der Waals surface area contributed by atoms with E-state index in [1.54, 1.807) is 18.2 Å². The number of carbonyl (C=O) groups is 1. The van der Waals surface area contributed by atoms with Gasteiger partial charge >= 0.3 is 0 Å². The van der Waals surface area contributed by atoms with E-state index in [2.05, 4.69) is 26.5 Å². The molecule has 0 aromatic heterocycles. The predicted octanol–water partition coefficient (Wildman–Crippen LogP) is 3.02. The quantitative estimate of drug-likeness (QED) is 0.629. The van der Waals surface area contributed by atoms with Crippen molar-refractivity contribution in [3.8, 4) is 17.2 Å². The molecule has 0 saturated heterocycles. The monoisotopic (exact) mass is 390 g/mol. The molecule has 1 N–H and O–H groups in total. The van der Waals surface area contributed by atoms with Crippen molar-refractivity contribution in [3.63, 3.8) is 0 Å². The van der Waals surface area contributed by atoms with Crippen molar-refractivity contribution < 1.29 is 19.0 Å². The Hall–Kier alpha value is -2.54. The summed E-state index contributed by atoms with van der Waals surface area (Å²) in [5.41, 5.74) is 4.25. The van der Waals surface area contributed by atoms with Crippen LogP contribution < -0.4 is 19.6 Å². The van der Waals surface area contributed by atoms with E-state index in [0.717, 1.165) is 15.6 Å². The van der Waals surface area contributed by atoms with Gasteiger partial charge in [0.1, 0.15) is 5.75 Å². The second-order valence-electron chi connectivity index (χ2n) is 5.11. The molecule has 0 bridgehead atoms. The van der Waals surface area contributed by atoms with E-state index in [1.165, 1.54) is 6.21 Å². The minimum Gasteiger partial charge on any atom is -0.484 e. The van der Waals surface area contributed by atoms with Crippen LogP contribution in [0.1, 0.15) is 11.1 Å². The standard InChI is InChI=1S/C17H15BrN2O4/c1-11-6-13(3-4-14(11)18)22-9-17(21)20-19-8-12-2-5-15-16(7-12)24-10-23-15/h2-8H,9-10H2,1H3,(H,20,21). The van der Waals surface area contributed by atoms with Crippen LogP contribution in [0.5, 0.6) is 17.2 Å². The van der Waals surface area contributed by atoms with E-state index >= 15 is 0 Å². The molecule has 3 rings (SSSR count). The molecule has 1 heterocycles. The smallest absolute Gasteiger partial charge is 0.277 e. The molecule has 0 aliphatic carbocycles. The molecule has 124 valence electrons. The molecule has 0 radical (unpaired) electrons. The Labute approximate surface area is 147 Å². The zero-order valence-corrected chi connectivity index (χ0v) is 14.5. The number of hydrogen-bond donors (Lipinski definition) is 1. The van der Waals surface area contributed by atoms with Gasteiger partial charge in [0, 0.05) is 4.47 Å². The SMILES string of the molecule is Cc1cc(OCC(=O)NN=Cc2ccc3c(c2)OCO3)ccc1Br. The molecule has 0 fully saturated rings. The van der Waals surface area contributed by atoms with E-state index in [-0.39, 0.29) is 19.3 Å². The van der Waals surface area contributed by atoms with Crippen LogP contribution in [0.2, 0.25) is 0 Å². The highest BCUT2D eigenvalue weighted by atomic mass is 79.9. The molecular weight excluding hydrogens is 376 g/mol. The summed E-state index contributed by atoms with van der Waals surface area (Å²) in [7, 11) is 0. The summed E-state index contributed by atoms with van der Waals surface area (Å²) in [5, 5.41) is 3.90. The maximum absolute atomic E-state index is 11.7. The van der Waals surface area contributed by atoms with Gasteiger partial charge in [-0.3, -0.25) is 4.79 Å². The molecule has 2 aromatic carbocycles. The second-order valence-corrected chi connectivity index (χ2v) is 5.96. The predicted molar refractivity (Wildman–Crippen MR) is 92.7 cm³/mol. The second kappa shape index (κ2) is 7.35. The normalized spacial score (nSPS) is 12.4. The maximum Gasteiger partial charge on any atom is 0.277 e. The number of nitrogens with zero attached hydrogens (tertiary/aromatic N) is 1. The Morgan fingerprint density at radius 1 is 1.29 bits per heavy atom. The van der Waals surface area contributed by atoms with E-state index in [0.29, 0.717) is 17.2 Å². The maximum atomic E-state index is 11.7. The number of hydrogen-bond acceptors (Lipinski definition) is 5.